The molecule has 158 valence electrons. The van der Waals surface area contributed by atoms with Crippen molar-refractivity contribution in [1.29, 1.82) is 0 Å². The number of quaternary nitrogens is 1. The van der Waals surface area contributed by atoms with E-state index in [1.807, 2.05) is 6.92 Å². The van der Waals surface area contributed by atoms with Gasteiger partial charge in [0.15, 0.2) is 5.69 Å². The summed E-state index contributed by atoms with van der Waals surface area (Å²) in [6, 6.07) is 6.95. The number of hydrogen-bond acceptors (Lipinski definition) is 5. The zero-order chi connectivity index (χ0) is 21.7. The summed E-state index contributed by atoms with van der Waals surface area (Å²) < 4.78 is 10.3. The van der Waals surface area contributed by atoms with Crippen molar-refractivity contribution in [2.75, 3.05) is 12.4 Å². The zero-order valence-electron chi connectivity index (χ0n) is 17.6. The lowest BCUT2D eigenvalue weighted by molar-refractivity contribution is -0.124. The fourth-order valence-corrected chi connectivity index (χ4v) is 3.17. The minimum absolute atomic E-state index is 0.165. The third kappa shape index (κ3) is 5.45. The molecule has 2 atom stereocenters. The van der Waals surface area contributed by atoms with Crippen LogP contribution in [-0.2, 0) is 9.53 Å². The van der Waals surface area contributed by atoms with E-state index in [9.17, 15) is 9.59 Å². The molecule has 2 amide bonds. The molecule has 1 heterocycles. The molecule has 8 heteroatoms. The van der Waals surface area contributed by atoms with Crippen molar-refractivity contribution >= 4 is 39.8 Å². The number of carbonyl (C=O) groups excluding carboxylic acids is 2. The van der Waals surface area contributed by atoms with E-state index < -0.39 is 16.3 Å². The maximum atomic E-state index is 13.3. The fraction of sp³-hybridized carbons (Fsp3) is 0.476. The van der Waals surface area contributed by atoms with E-state index in [1.54, 1.807) is 58.2 Å². The van der Waals surface area contributed by atoms with Crippen LogP contribution in [0.3, 0.4) is 0 Å². The summed E-state index contributed by atoms with van der Waals surface area (Å²) in [6.45, 7) is 7.24. The predicted octanol–water partition coefficient (Wildman–Crippen LogP) is 4.71. The Labute approximate surface area is 180 Å². The summed E-state index contributed by atoms with van der Waals surface area (Å²) in [5.41, 5.74) is -0.181. The average molecular weight is 467 g/mol. The van der Waals surface area contributed by atoms with Gasteiger partial charge in [-0.3, -0.25) is 10.1 Å². The average Bonchev–Trinajstić information content (AvgIpc) is 3.09. The number of halogens is 1. The first-order chi connectivity index (χ1) is 13.6. The Morgan fingerprint density at radius 2 is 1.90 bits per heavy atom. The third-order valence-corrected chi connectivity index (χ3v) is 4.96. The molecule has 1 aromatic rings. The van der Waals surface area contributed by atoms with Gasteiger partial charge in [0, 0.05) is 29.5 Å². The molecule has 1 aliphatic rings. The number of methoxy groups -OCH3 is 1. The molecular weight excluding hydrogens is 438 g/mol. The van der Waals surface area contributed by atoms with Gasteiger partial charge in [0.2, 0.25) is 5.91 Å². The van der Waals surface area contributed by atoms with Gasteiger partial charge in [-0.1, -0.05) is 28.0 Å². The van der Waals surface area contributed by atoms with Gasteiger partial charge < -0.3 is 9.47 Å². The number of carbonyl (C=O) groups is 2. The van der Waals surface area contributed by atoms with Crippen LogP contribution >= 0.6 is 15.9 Å². The molecule has 0 saturated heterocycles. The number of alkyl halides is 1. The second-order valence-electron chi connectivity index (χ2n) is 7.85. The molecule has 1 N–H and O–H groups in total. The molecule has 1 unspecified atom stereocenters. The van der Waals surface area contributed by atoms with Gasteiger partial charge in [-0.25, -0.2) is 0 Å². The molecule has 1 aliphatic heterocycles. The molecule has 7 nitrogen and oxygen atoms in total. The van der Waals surface area contributed by atoms with Crippen LogP contribution in [0.2, 0.25) is 0 Å². The van der Waals surface area contributed by atoms with Crippen LogP contribution < -0.4 is 14.6 Å². The molecule has 0 fully saturated rings. The first-order valence-corrected chi connectivity index (χ1v) is 10.7. The highest BCUT2D eigenvalue weighted by atomic mass is 79.9. The lowest BCUT2D eigenvalue weighted by Gasteiger charge is -2.30. The highest BCUT2D eigenvalue weighted by Crippen LogP contribution is 2.35. The van der Waals surface area contributed by atoms with Gasteiger partial charge in [0.1, 0.15) is 11.4 Å². The normalized spacial score (nSPS) is 19.4. The topological polar surface area (TPSA) is 77.0 Å². The van der Waals surface area contributed by atoms with E-state index in [-0.39, 0.29) is 11.8 Å². The highest BCUT2D eigenvalue weighted by Gasteiger charge is 2.51. The smallest absolute Gasteiger partial charge is 0.497 e. The zero-order valence-corrected chi connectivity index (χ0v) is 19.2. The number of nitrogens with one attached hydrogen (secondary N) is 1. The van der Waals surface area contributed by atoms with Crippen molar-refractivity contribution in [2.24, 2.45) is 11.0 Å². The molecule has 0 aromatic heterocycles. The summed E-state index contributed by atoms with van der Waals surface area (Å²) >= 11 is 3.38. The molecule has 1 aromatic carbocycles. The first kappa shape index (κ1) is 23.1. The van der Waals surface area contributed by atoms with Crippen molar-refractivity contribution < 1.29 is 19.1 Å². The van der Waals surface area contributed by atoms with E-state index in [1.165, 1.54) is 6.21 Å². The Bertz CT molecular complexity index is 799. The Morgan fingerprint density at radius 1 is 1.24 bits per heavy atom. The second-order valence-corrected chi connectivity index (χ2v) is 8.64. The molecule has 0 saturated carbocycles. The summed E-state index contributed by atoms with van der Waals surface area (Å²) in [4.78, 5) is 26.0. The Hall–Kier alpha value is -2.19. The van der Waals surface area contributed by atoms with Gasteiger partial charge >= 0.3 is 6.09 Å². The largest absolute Gasteiger partial charge is 0.556 e. The van der Waals surface area contributed by atoms with Gasteiger partial charge in [0.25, 0.3) is 5.82 Å². The van der Waals surface area contributed by atoms with Crippen LogP contribution in [-0.4, -0.2) is 36.3 Å². The number of allylic oxidation sites excluding steroid dienone is 1. The Balaban J connectivity index is 2.40. The third-order valence-electron chi connectivity index (χ3n) is 4.39. The number of nitrogens with zero attached hydrogens (tertiary/aromatic N) is 2. The molecule has 0 radical (unpaired) electrons. The van der Waals surface area contributed by atoms with Gasteiger partial charge in [-0.05, 0) is 50.3 Å². The van der Waals surface area contributed by atoms with Gasteiger partial charge in [-0.15, -0.1) is 0 Å². The first-order valence-electron chi connectivity index (χ1n) is 9.54. The maximum absolute atomic E-state index is 13.3. The number of hydrogen-bond donors (Lipinski definition) is 1. The van der Waals surface area contributed by atoms with Crippen molar-refractivity contribution in [3.05, 3.63) is 36.2 Å². The van der Waals surface area contributed by atoms with Crippen molar-refractivity contribution in [3.63, 3.8) is 0 Å². The van der Waals surface area contributed by atoms with E-state index >= 15 is 0 Å². The fourth-order valence-electron chi connectivity index (χ4n) is 2.84. The van der Waals surface area contributed by atoms with Gasteiger partial charge in [-0.2, -0.15) is 4.79 Å². The minimum atomic E-state index is -0.717. The van der Waals surface area contributed by atoms with Crippen LogP contribution in [0.5, 0.6) is 5.75 Å². The highest BCUT2D eigenvalue weighted by molar-refractivity contribution is 9.09. The lowest BCUT2D eigenvalue weighted by atomic mass is 10.1. The number of benzene rings is 1. The minimum Gasteiger partial charge on any atom is -0.497 e. The molecule has 0 aliphatic carbocycles. The number of ether oxygens (including phenoxy) is 2. The second kappa shape index (κ2) is 9.54. The van der Waals surface area contributed by atoms with E-state index in [0.29, 0.717) is 17.3 Å². The van der Waals surface area contributed by atoms with Crippen LogP contribution in [0, 0.1) is 5.92 Å². The summed E-state index contributed by atoms with van der Waals surface area (Å²) in [5, 5.41) is 8.14. The van der Waals surface area contributed by atoms with E-state index in [4.69, 9.17) is 9.47 Å². The Kier molecular flexibility index (Phi) is 7.60. The van der Waals surface area contributed by atoms with Crippen molar-refractivity contribution in [1.82, 2.24) is 9.91 Å². The maximum Gasteiger partial charge on any atom is 0.556 e. The van der Waals surface area contributed by atoms with Crippen molar-refractivity contribution in [2.45, 2.75) is 46.1 Å². The van der Waals surface area contributed by atoms with Crippen LogP contribution in [0.25, 0.3) is 0 Å². The van der Waals surface area contributed by atoms with Crippen LogP contribution in [0.15, 0.2) is 41.3 Å². The quantitative estimate of drug-likeness (QED) is 0.466. The van der Waals surface area contributed by atoms with E-state index in [2.05, 4.69) is 26.3 Å². The van der Waals surface area contributed by atoms with Gasteiger partial charge in [0.05, 0.1) is 13.3 Å². The molecular formula is C21H29BrN3O4+. The van der Waals surface area contributed by atoms with E-state index in [0.717, 1.165) is 18.2 Å². The SMILES string of the molecule is COc1ccc([N@+]2(C(=O)OC(C)(C)C)N=CC=C2NC(=O)C(C)CCCBr)cc1. The molecule has 0 bridgehead atoms. The lowest BCUT2D eigenvalue weighted by Crippen LogP contribution is -2.54. The monoisotopic (exact) mass is 466 g/mol. The summed E-state index contributed by atoms with van der Waals surface area (Å²) in [6.07, 6.45) is 4.15. The number of rotatable bonds is 7. The molecule has 0 spiro atoms. The van der Waals surface area contributed by atoms with Crippen LogP contribution in [0.1, 0.15) is 40.5 Å². The van der Waals surface area contributed by atoms with Crippen LogP contribution in [0.4, 0.5) is 10.5 Å². The standard InChI is InChI=1S/C21H28BrN3O4/c1-15(7-6-13-22)19(26)24-18-12-14-23-25(18,20(27)29-21(2,3)4)16-8-10-17(28-5)11-9-16/h8-12,14-15H,6-7,13H2,1-5H3/p+1/t15?,25-/m0/s1. The molecule has 2 rings (SSSR count). The molecule has 29 heavy (non-hydrogen) atoms. The number of amides is 2. The summed E-state index contributed by atoms with van der Waals surface area (Å²) in [7, 11) is 1.57. The summed E-state index contributed by atoms with van der Waals surface area (Å²) in [5.74, 6) is 0.616. The van der Waals surface area contributed by atoms with Crippen molar-refractivity contribution in [3.8, 4) is 5.75 Å². The Morgan fingerprint density at radius 3 is 2.45 bits per heavy atom. The predicted molar refractivity (Wildman–Crippen MR) is 118 cm³/mol.